The number of carbonyl (C=O) groups excluding carboxylic acids is 1. The van der Waals surface area contributed by atoms with Gasteiger partial charge < -0.3 is 10.8 Å². The van der Waals surface area contributed by atoms with Crippen molar-refractivity contribution in [2.24, 2.45) is 5.92 Å². The molecule has 1 aliphatic heterocycles. The number of amides is 1. The van der Waals surface area contributed by atoms with Gasteiger partial charge in [0.25, 0.3) is 0 Å². The third kappa shape index (κ3) is 1.69. The van der Waals surface area contributed by atoms with E-state index in [1.165, 1.54) is 11.1 Å². The van der Waals surface area contributed by atoms with Crippen molar-refractivity contribution in [1.82, 2.24) is 4.98 Å². The van der Waals surface area contributed by atoms with Gasteiger partial charge in [-0.1, -0.05) is 0 Å². The molecule has 1 aromatic heterocycles. The highest BCUT2D eigenvalue weighted by atomic mass is 16.4. The van der Waals surface area contributed by atoms with Crippen LogP contribution < -0.4 is 10.6 Å². The van der Waals surface area contributed by atoms with E-state index in [0.29, 0.717) is 11.5 Å². The van der Waals surface area contributed by atoms with Crippen molar-refractivity contribution >= 4 is 23.4 Å². The first-order chi connectivity index (χ1) is 7.59. The molecule has 1 saturated heterocycles. The van der Waals surface area contributed by atoms with E-state index in [2.05, 4.69) is 4.98 Å². The predicted molar refractivity (Wildman–Crippen MR) is 56.7 cm³/mol. The number of aliphatic carboxylic acids is 1. The van der Waals surface area contributed by atoms with E-state index < -0.39 is 11.9 Å². The van der Waals surface area contributed by atoms with Crippen molar-refractivity contribution in [3.05, 3.63) is 18.3 Å². The Bertz CT molecular complexity index is 447. The Morgan fingerprint density at radius 3 is 2.94 bits per heavy atom. The van der Waals surface area contributed by atoms with Gasteiger partial charge in [-0.3, -0.25) is 14.5 Å². The number of carboxylic acids is 1. The number of aromatic nitrogens is 1. The molecule has 1 amide bonds. The molecular weight excluding hydrogens is 210 g/mol. The second kappa shape index (κ2) is 3.80. The van der Waals surface area contributed by atoms with Crippen LogP contribution >= 0.6 is 0 Å². The first kappa shape index (κ1) is 10.4. The molecule has 2 rings (SSSR count). The van der Waals surface area contributed by atoms with Crippen molar-refractivity contribution in [3.63, 3.8) is 0 Å². The first-order valence-electron chi connectivity index (χ1n) is 4.83. The van der Waals surface area contributed by atoms with Crippen LogP contribution in [0.5, 0.6) is 0 Å². The minimum absolute atomic E-state index is 0.00531. The smallest absolute Gasteiger partial charge is 0.308 e. The predicted octanol–water partition coefficient (Wildman–Crippen LogP) is 0.101. The van der Waals surface area contributed by atoms with Gasteiger partial charge in [0.1, 0.15) is 0 Å². The summed E-state index contributed by atoms with van der Waals surface area (Å²) >= 11 is 0. The van der Waals surface area contributed by atoms with Crippen LogP contribution in [0.25, 0.3) is 0 Å². The maximum atomic E-state index is 11.6. The first-order valence-corrected chi connectivity index (χ1v) is 4.83. The van der Waals surface area contributed by atoms with Gasteiger partial charge in [-0.05, 0) is 12.1 Å². The molecule has 0 aliphatic carbocycles. The number of nitrogens with two attached hydrogens (primary N) is 1. The fraction of sp³-hybridized carbons (Fsp3) is 0.300. The quantitative estimate of drug-likeness (QED) is 0.738. The van der Waals surface area contributed by atoms with E-state index in [9.17, 15) is 9.59 Å². The van der Waals surface area contributed by atoms with Crippen LogP contribution in [0.3, 0.4) is 0 Å². The number of hydrogen-bond donors (Lipinski definition) is 2. The maximum Gasteiger partial charge on any atom is 0.308 e. The molecule has 0 bridgehead atoms. The zero-order chi connectivity index (χ0) is 11.7. The summed E-state index contributed by atoms with van der Waals surface area (Å²) in [5.41, 5.74) is 6.06. The molecule has 1 aromatic rings. The number of hydrogen-bond acceptors (Lipinski definition) is 4. The van der Waals surface area contributed by atoms with Crippen molar-refractivity contribution < 1.29 is 14.7 Å². The van der Waals surface area contributed by atoms with E-state index in [1.54, 1.807) is 12.1 Å². The largest absolute Gasteiger partial charge is 0.481 e. The zero-order valence-corrected chi connectivity index (χ0v) is 8.46. The molecule has 6 heteroatoms. The monoisotopic (exact) mass is 221 g/mol. The van der Waals surface area contributed by atoms with Gasteiger partial charge in [0, 0.05) is 19.2 Å². The molecule has 1 unspecified atom stereocenters. The Balaban J connectivity index is 2.27. The number of pyridine rings is 1. The average molecular weight is 221 g/mol. The standard InChI is InChI=1S/C10H11N3O3/c11-7-2-1-3-12-9(7)13-5-6(10(15)16)4-8(13)14/h1-3,6H,4-5,11H2,(H,15,16). The van der Waals surface area contributed by atoms with E-state index in [4.69, 9.17) is 10.8 Å². The number of anilines is 2. The van der Waals surface area contributed by atoms with Crippen LogP contribution in [0.4, 0.5) is 11.5 Å². The molecule has 6 nitrogen and oxygen atoms in total. The van der Waals surface area contributed by atoms with Gasteiger partial charge in [0.05, 0.1) is 11.6 Å². The van der Waals surface area contributed by atoms with Crippen molar-refractivity contribution in [2.45, 2.75) is 6.42 Å². The second-order valence-corrected chi connectivity index (χ2v) is 3.66. The van der Waals surface area contributed by atoms with Crippen LogP contribution in [-0.4, -0.2) is 28.5 Å². The Morgan fingerprint density at radius 2 is 2.38 bits per heavy atom. The summed E-state index contributed by atoms with van der Waals surface area (Å²) in [6.07, 6.45) is 1.53. The molecule has 1 fully saturated rings. The Morgan fingerprint density at radius 1 is 1.62 bits per heavy atom. The summed E-state index contributed by atoms with van der Waals surface area (Å²) in [6.45, 7) is 0.134. The van der Waals surface area contributed by atoms with E-state index in [1.807, 2.05) is 0 Å². The maximum absolute atomic E-state index is 11.6. The minimum atomic E-state index is -0.967. The molecule has 84 valence electrons. The lowest BCUT2D eigenvalue weighted by Crippen LogP contribution is -2.27. The van der Waals surface area contributed by atoms with Crippen molar-refractivity contribution in [1.29, 1.82) is 0 Å². The molecule has 1 aliphatic rings. The van der Waals surface area contributed by atoms with Gasteiger partial charge in [-0.25, -0.2) is 4.98 Å². The molecule has 0 aromatic carbocycles. The zero-order valence-electron chi connectivity index (χ0n) is 8.46. The Kier molecular flexibility index (Phi) is 2.47. The van der Waals surface area contributed by atoms with E-state index >= 15 is 0 Å². The highest BCUT2D eigenvalue weighted by Gasteiger charge is 2.36. The molecule has 16 heavy (non-hydrogen) atoms. The van der Waals surface area contributed by atoms with Gasteiger partial charge in [-0.15, -0.1) is 0 Å². The van der Waals surface area contributed by atoms with Gasteiger partial charge in [-0.2, -0.15) is 0 Å². The van der Waals surface area contributed by atoms with Crippen LogP contribution in [0.2, 0.25) is 0 Å². The lowest BCUT2D eigenvalue weighted by atomic mass is 10.1. The number of rotatable bonds is 2. The summed E-state index contributed by atoms with van der Waals surface area (Å²) in [5.74, 6) is -1.55. The van der Waals surface area contributed by atoms with E-state index in [0.717, 1.165) is 0 Å². The second-order valence-electron chi connectivity index (χ2n) is 3.66. The number of nitrogen functional groups attached to an aromatic ring is 1. The summed E-state index contributed by atoms with van der Waals surface area (Å²) in [7, 11) is 0. The van der Waals surface area contributed by atoms with Crippen LogP contribution in [0.1, 0.15) is 6.42 Å². The average Bonchev–Trinajstić information content (AvgIpc) is 2.61. The molecular formula is C10H11N3O3. The molecule has 0 saturated carbocycles. The highest BCUT2D eigenvalue weighted by Crippen LogP contribution is 2.27. The lowest BCUT2D eigenvalue weighted by molar-refractivity contribution is -0.141. The SMILES string of the molecule is Nc1cccnc1N1CC(C(=O)O)CC1=O. The summed E-state index contributed by atoms with van der Waals surface area (Å²) < 4.78 is 0. The molecule has 3 N–H and O–H groups in total. The summed E-state index contributed by atoms with van der Waals surface area (Å²) in [4.78, 5) is 27.7. The molecule has 0 spiro atoms. The normalized spacial score (nSPS) is 20.1. The van der Waals surface area contributed by atoms with Crippen molar-refractivity contribution in [2.75, 3.05) is 17.2 Å². The Hall–Kier alpha value is -2.11. The molecule has 1 atom stereocenters. The highest BCUT2D eigenvalue weighted by molar-refractivity contribution is 6.00. The van der Waals surface area contributed by atoms with Crippen LogP contribution in [0, 0.1) is 5.92 Å². The van der Waals surface area contributed by atoms with Crippen LogP contribution in [0.15, 0.2) is 18.3 Å². The van der Waals surface area contributed by atoms with Crippen molar-refractivity contribution in [3.8, 4) is 0 Å². The summed E-state index contributed by atoms with van der Waals surface area (Å²) in [5, 5.41) is 8.83. The number of carboxylic acid groups (broad SMARTS) is 1. The fourth-order valence-corrected chi connectivity index (χ4v) is 1.71. The Labute approximate surface area is 91.7 Å². The number of nitrogens with zero attached hydrogens (tertiary/aromatic N) is 2. The summed E-state index contributed by atoms with van der Waals surface area (Å²) in [6, 6.07) is 3.29. The fourth-order valence-electron chi connectivity index (χ4n) is 1.71. The van der Waals surface area contributed by atoms with E-state index in [-0.39, 0.29) is 18.9 Å². The topological polar surface area (TPSA) is 96.5 Å². The van der Waals surface area contributed by atoms with Gasteiger partial charge in [0.2, 0.25) is 5.91 Å². The minimum Gasteiger partial charge on any atom is -0.481 e. The molecule has 0 radical (unpaired) electrons. The van der Waals surface area contributed by atoms with Gasteiger partial charge >= 0.3 is 5.97 Å². The third-order valence-electron chi connectivity index (χ3n) is 2.55. The molecule has 2 heterocycles. The number of carbonyl (C=O) groups is 2. The van der Waals surface area contributed by atoms with Crippen LogP contribution in [-0.2, 0) is 9.59 Å². The lowest BCUT2D eigenvalue weighted by Gasteiger charge is -2.16. The third-order valence-corrected chi connectivity index (χ3v) is 2.55. The van der Waals surface area contributed by atoms with Gasteiger partial charge in [0.15, 0.2) is 5.82 Å².